The first-order valence-corrected chi connectivity index (χ1v) is 6.20. The van der Waals surface area contributed by atoms with Gasteiger partial charge >= 0.3 is 0 Å². The normalized spacial score (nSPS) is 20.7. The van der Waals surface area contributed by atoms with Crippen molar-refractivity contribution < 1.29 is 0 Å². The lowest BCUT2D eigenvalue weighted by Gasteiger charge is -2.25. The van der Waals surface area contributed by atoms with E-state index in [1.165, 1.54) is 24.1 Å². The van der Waals surface area contributed by atoms with Gasteiger partial charge in [-0.15, -0.1) is 0 Å². The number of hydrazine groups is 1. The molecule has 3 N–H and O–H groups in total. The van der Waals surface area contributed by atoms with Gasteiger partial charge in [-0.1, -0.05) is 25.1 Å². The third kappa shape index (κ3) is 2.97. The van der Waals surface area contributed by atoms with E-state index in [0.717, 1.165) is 19.5 Å². The Morgan fingerprint density at radius 1 is 1.38 bits per heavy atom. The van der Waals surface area contributed by atoms with E-state index in [1.54, 1.807) is 0 Å². The van der Waals surface area contributed by atoms with E-state index in [1.807, 2.05) is 0 Å². The van der Waals surface area contributed by atoms with Crippen molar-refractivity contribution >= 4 is 5.69 Å². The van der Waals surface area contributed by atoms with Crippen molar-refractivity contribution in [3.05, 3.63) is 29.8 Å². The molecule has 1 aliphatic rings. The van der Waals surface area contributed by atoms with Crippen LogP contribution in [0.15, 0.2) is 24.3 Å². The lowest BCUT2D eigenvalue weighted by molar-refractivity contribution is 0.410. The lowest BCUT2D eigenvalue weighted by Crippen LogP contribution is -2.45. The molecular weight excluding hydrogens is 198 g/mol. The van der Waals surface area contributed by atoms with Gasteiger partial charge in [-0.3, -0.25) is 0 Å². The van der Waals surface area contributed by atoms with Gasteiger partial charge in [0.1, 0.15) is 0 Å². The minimum absolute atomic E-state index is 0.540. The number of hydrogen-bond donors (Lipinski definition) is 3. The highest BCUT2D eigenvalue weighted by Gasteiger charge is 2.11. The molecule has 0 spiro atoms. The molecule has 1 heterocycles. The molecule has 0 radical (unpaired) electrons. The Labute approximate surface area is 97.6 Å². The van der Waals surface area contributed by atoms with Crippen molar-refractivity contribution in [2.24, 2.45) is 0 Å². The van der Waals surface area contributed by atoms with Crippen molar-refractivity contribution in [1.82, 2.24) is 10.7 Å². The van der Waals surface area contributed by atoms with Gasteiger partial charge in [0.05, 0.1) is 5.69 Å². The van der Waals surface area contributed by atoms with Gasteiger partial charge in [0.25, 0.3) is 0 Å². The Kier molecular flexibility index (Phi) is 4.19. The molecule has 0 unspecified atom stereocenters. The molecule has 1 fully saturated rings. The molecule has 1 atom stereocenters. The molecule has 16 heavy (non-hydrogen) atoms. The summed E-state index contributed by atoms with van der Waals surface area (Å²) in [6.45, 7) is 4.40. The fourth-order valence-electron chi connectivity index (χ4n) is 2.11. The van der Waals surface area contributed by atoms with Crippen LogP contribution in [0.25, 0.3) is 0 Å². The second-order valence-electron chi connectivity index (χ2n) is 4.32. The van der Waals surface area contributed by atoms with Crippen LogP contribution in [0, 0.1) is 0 Å². The molecule has 1 aliphatic heterocycles. The highest BCUT2D eigenvalue weighted by molar-refractivity contribution is 5.50. The minimum Gasteiger partial charge on any atom is -0.321 e. The third-order valence-corrected chi connectivity index (χ3v) is 3.11. The average molecular weight is 219 g/mol. The van der Waals surface area contributed by atoms with Crippen LogP contribution >= 0.6 is 0 Å². The maximum atomic E-state index is 3.40. The van der Waals surface area contributed by atoms with Crippen molar-refractivity contribution in [1.29, 1.82) is 0 Å². The standard InChI is InChI=1S/C13H21N3/c1-2-11-6-3-4-8-13(11)16-15-12-7-5-9-14-10-12/h3-4,6,8,12,14-16H,2,5,7,9-10H2,1H3/t12-/m1/s1. The van der Waals surface area contributed by atoms with E-state index in [0.29, 0.717) is 6.04 Å². The number of rotatable bonds is 4. The van der Waals surface area contributed by atoms with Crippen molar-refractivity contribution in [2.75, 3.05) is 18.5 Å². The molecule has 2 rings (SSSR count). The second-order valence-corrected chi connectivity index (χ2v) is 4.32. The zero-order valence-electron chi connectivity index (χ0n) is 9.92. The molecular formula is C13H21N3. The first kappa shape index (κ1) is 11.4. The van der Waals surface area contributed by atoms with Crippen LogP contribution in [0.4, 0.5) is 5.69 Å². The highest BCUT2D eigenvalue weighted by Crippen LogP contribution is 2.14. The summed E-state index contributed by atoms with van der Waals surface area (Å²) >= 11 is 0. The molecule has 3 nitrogen and oxygen atoms in total. The summed E-state index contributed by atoms with van der Waals surface area (Å²) in [6, 6.07) is 9.00. The Morgan fingerprint density at radius 2 is 2.25 bits per heavy atom. The van der Waals surface area contributed by atoms with E-state index < -0.39 is 0 Å². The summed E-state index contributed by atoms with van der Waals surface area (Å²) in [5.41, 5.74) is 9.31. The maximum Gasteiger partial charge on any atom is 0.0519 e. The molecule has 88 valence electrons. The maximum absolute atomic E-state index is 3.40. The summed E-state index contributed by atoms with van der Waals surface area (Å²) in [5.74, 6) is 0. The van der Waals surface area contributed by atoms with Gasteiger partial charge in [-0.05, 0) is 37.4 Å². The molecule has 0 saturated carbocycles. The number of hydrogen-bond acceptors (Lipinski definition) is 3. The van der Waals surface area contributed by atoms with Gasteiger partial charge < -0.3 is 10.7 Å². The van der Waals surface area contributed by atoms with Crippen molar-refractivity contribution in [3.8, 4) is 0 Å². The van der Waals surface area contributed by atoms with Crippen molar-refractivity contribution in [3.63, 3.8) is 0 Å². The third-order valence-electron chi connectivity index (χ3n) is 3.11. The minimum atomic E-state index is 0.540. The predicted octanol–water partition coefficient (Wildman–Crippen LogP) is 1.92. The summed E-state index contributed by atoms with van der Waals surface area (Å²) in [4.78, 5) is 0. The number of piperidine rings is 1. The highest BCUT2D eigenvalue weighted by atomic mass is 15.4. The van der Waals surface area contributed by atoms with Crippen LogP contribution in [0.2, 0.25) is 0 Å². The van der Waals surface area contributed by atoms with E-state index in [-0.39, 0.29) is 0 Å². The molecule has 0 aliphatic carbocycles. The molecule has 0 amide bonds. The SMILES string of the molecule is CCc1ccccc1NN[C@@H]1CCCNC1. The summed E-state index contributed by atoms with van der Waals surface area (Å²) in [5, 5.41) is 3.40. The van der Waals surface area contributed by atoms with Crippen LogP contribution in [0.3, 0.4) is 0 Å². The van der Waals surface area contributed by atoms with E-state index in [2.05, 4.69) is 47.4 Å². The molecule has 0 aromatic heterocycles. The van der Waals surface area contributed by atoms with Gasteiger partial charge in [0.2, 0.25) is 0 Å². The average Bonchev–Trinajstić information content (AvgIpc) is 2.38. The van der Waals surface area contributed by atoms with Crippen molar-refractivity contribution in [2.45, 2.75) is 32.2 Å². The Balaban J connectivity index is 1.88. The topological polar surface area (TPSA) is 36.1 Å². The molecule has 1 aromatic rings. The number of para-hydroxylation sites is 1. The van der Waals surface area contributed by atoms with Crippen LogP contribution < -0.4 is 16.2 Å². The van der Waals surface area contributed by atoms with Crippen LogP contribution in [-0.4, -0.2) is 19.1 Å². The smallest absolute Gasteiger partial charge is 0.0519 e. The van der Waals surface area contributed by atoms with Crippen LogP contribution in [0.1, 0.15) is 25.3 Å². The fourth-order valence-corrected chi connectivity index (χ4v) is 2.11. The Bertz CT molecular complexity index is 319. The largest absolute Gasteiger partial charge is 0.321 e. The molecule has 3 heteroatoms. The molecule has 0 bridgehead atoms. The first-order valence-electron chi connectivity index (χ1n) is 6.20. The molecule has 1 aromatic carbocycles. The zero-order chi connectivity index (χ0) is 11.2. The van der Waals surface area contributed by atoms with E-state index >= 15 is 0 Å². The van der Waals surface area contributed by atoms with E-state index in [9.17, 15) is 0 Å². The lowest BCUT2D eigenvalue weighted by atomic mass is 10.1. The number of anilines is 1. The first-order chi connectivity index (χ1) is 7.90. The van der Waals surface area contributed by atoms with Gasteiger partial charge in [-0.2, -0.15) is 0 Å². The van der Waals surface area contributed by atoms with Gasteiger partial charge in [0.15, 0.2) is 0 Å². The van der Waals surface area contributed by atoms with Gasteiger partial charge in [-0.25, -0.2) is 5.43 Å². The summed E-state index contributed by atoms with van der Waals surface area (Å²) in [6.07, 6.45) is 3.57. The quantitative estimate of drug-likeness (QED) is 0.677. The summed E-state index contributed by atoms with van der Waals surface area (Å²) in [7, 11) is 0. The van der Waals surface area contributed by atoms with Gasteiger partial charge in [0, 0.05) is 12.6 Å². The zero-order valence-corrected chi connectivity index (χ0v) is 9.92. The predicted molar refractivity (Wildman–Crippen MR) is 68.5 cm³/mol. The Hall–Kier alpha value is -1.06. The molecule has 1 saturated heterocycles. The fraction of sp³-hybridized carbons (Fsp3) is 0.538. The number of aryl methyl sites for hydroxylation is 1. The monoisotopic (exact) mass is 219 g/mol. The van der Waals surface area contributed by atoms with Crippen LogP contribution in [-0.2, 0) is 6.42 Å². The second kappa shape index (κ2) is 5.87. The Morgan fingerprint density at radius 3 is 3.00 bits per heavy atom. The van der Waals surface area contributed by atoms with E-state index in [4.69, 9.17) is 0 Å². The summed E-state index contributed by atoms with van der Waals surface area (Å²) < 4.78 is 0. The number of nitrogens with one attached hydrogen (secondary N) is 3. The van der Waals surface area contributed by atoms with Crippen LogP contribution in [0.5, 0.6) is 0 Å². The number of benzene rings is 1.